The lowest BCUT2D eigenvalue weighted by atomic mass is 10.1. The van der Waals surface area contributed by atoms with Crippen molar-refractivity contribution in [2.45, 2.75) is 24.4 Å². The molecule has 0 spiro atoms. The summed E-state index contributed by atoms with van der Waals surface area (Å²) in [5.74, 6) is -1.67. The summed E-state index contributed by atoms with van der Waals surface area (Å²) in [5.41, 5.74) is -1.64. The van der Waals surface area contributed by atoms with Crippen molar-refractivity contribution >= 4 is 21.6 Å². The van der Waals surface area contributed by atoms with E-state index < -0.39 is 56.9 Å². The second-order valence-corrected chi connectivity index (χ2v) is 7.98. The van der Waals surface area contributed by atoms with E-state index in [1.165, 1.54) is 13.0 Å². The Morgan fingerprint density at radius 3 is 2.10 bits per heavy atom. The van der Waals surface area contributed by atoms with Crippen LogP contribution < -0.4 is 10.1 Å². The van der Waals surface area contributed by atoms with Crippen LogP contribution in [0.15, 0.2) is 53.4 Å². The average molecular weight is 470 g/mol. The molecule has 2 rings (SSSR count). The molecule has 0 aliphatic heterocycles. The maximum Gasteiger partial charge on any atom is 0.573 e. The SMILES string of the molecule is CCN(CC(=O)Nc1ccccc1C(F)(F)F)S(=O)(=O)c1ccc(OC(F)(F)F)cc1. The minimum atomic E-state index is -4.96. The summed E-state index contributed by atoms with van der Waals surface area (Å²) < 4.78 is 105. The first-order valence-corrected chi connectivity index (χ1v) is 10.00. The number of hydrogen-bond donors (Lipinski definition) is 1. The van der Waals surface area contributed by atoms with E-state index in [1.807, 2.05) is 5.32 Å². The first-order chi connectivity index (χ1) is 14.2. The van der Waals surface area contributed by atoms with Gasteiger partial charge >= 0.3 is 12.5 Å². The van der Waals surface area contributed by atoms with Gasteiger partial charge < -0.3 is 10.1 Å². The predicted octanol–water partition coefficient (Wildman–Crippen LogP) is 4.25. The van der Waals surface area contributed by atoms with Crippen LogP contribution in [0.1, 0.15) is 12.5 Å². The molecule has 0 aliphatic carbocycles. The largest absolute Gasteiger partial charge is 0.573 e. The van der Waals surface area contributed by atoms with Gasteiger partial charge in [0.25, 0.3) is 0 Å². The molecule has 0 fully saturated rings. The van der Waals surface area contributed by atoms with Crippen LogP contribution in [0, 0.1) is 0 Å². The van der Waals surface area contributed by atoms with Crippen LogP contribution in [0.25, 0.3) is 0 Å². The highest BCUT2D eigenvalue weighted by Gasteiger charge is 2.34. The molecule has 0 aromatic heterocycles. The van der Waals surface area contributed by atoms with Crippen molar-refractivity contribution in [2.75, 3.05) is 18.4 Å². The molecule has 1 amide bonds. The van der Waals surface area contributed by atoms with Crippen molar-refractivity contribution in [2.24, 2.45) is 0 Å². The third-order valence-electron chi connectivity index (χ3n) is 3.87. The average Bonchev–Trinajstić information content (AvgIpc) is 2.64. The normalized spacial score (nSPS) is 12.6. The maximum atomic E-state index is 13.0. The number of hydrogen-bond acceptors (Lipinski definition) is 4. The standard InChI is InChI=1S/C18H16F6N2O4S/c1-2-26(11-16(27)25-15-6-4-3-5-14(15)17(19,20)21)31(28,29)13-9-7-12(8-10-13)30-18(22,23)24/h3-10H,2,11H2,1H3,(H,25,27). The number of halogens is 6. The van der Waals surface area contributed by atoms with E-state index >= 15 is 0 Å². The highest BCUT2D eigenvalue weighted by molar-refractivity contribution is 7.89. The molecule has 0 heterocycles. The predicted molar refractivity (Wildman–Crippen MR) is 97.6 cm³/mol. The van der Waals surface area contributed by atoms with Gasteiger partial charge in [-0.1, -0.05) is 19.1 Å². The molecule has 6 nitrogen and oxygen atoms in total. The summed E-state index contributed by atoms with van der Waals surface area (Å²) in [7, 11) is -4.32. The first-order valence-electron chi connectivity index (χ1n) is 8.56. The van der Waals surface area contributed by atoms with Crippen LogP contribution in [-0.2, 0) is 21.0 Å². The highest BCUT2D eigenvalue weighted by Crippen LogP contribution is 2.34. The Morgan fingerprint density at radius 1 is 1.00 bits per heavy atom. The second kappa shape index (κ2) is 9.14. The lowest BCUT2D eigenvalue weighted by molar-refractivity contribution is -0.274. The quantitative estimate of drug-likeness (QED) is 0.614. The third-order valence-corrected chi connectivity index (χ3v) is 5.81. The highest BCUT2D eigenvalue weighted by atomic mass is 32.2. The fourth-order valence-electron chi connectivity index (χ4n) is 2.52. The van der Waals surface area contributed by atoms with Crippen LogP contribution >= 0.6 is 0 Å². The van der Waals surface area contributed by atoms with Crippen molar-refractivity contribution in [3.05, 3.63) is 54.1 Å². The molecule has 0 atom stereocenters. The summed E-state index contributed by atoms with van der Waals surface area (Å²) >= 11 is 0. The van der Waals surface area contributed by atoms with E-state index in [2.05, 4.69) is 4.74 Å². The maximum absolute atomic E-state index is 13.0. The number of anilines is 1. The van der Waals surface area contributed by atoms with Crippen molar-refractivity contribution < 1.29 is 44.3 Å². The number of carbonyl (C=O) groups is 1. The number of alkyl halides is 6. The summed E-state index contributed by atoms with van der Waals surface area (Å²) in [6.45, 7) is 0.346. The molecule has 0 bridgehead atoms. The Morgan fingerprint density at radius 2 is 1.58 bits per heavy atom. The number of nitrogens with one attached hydrogen (secondary N) is 1. The smallest absolute Gasteiger partial charge is 0.406 e. The Hall–Kier alpha value is -2.80. The molecule has 2 aromatic carbocycles. The van der Waals surface area contributed by atoms with Crippen LogP contribution in [0.4, 0.5) is 32.0 Å². The molecule has 0 saturated heterocycles. The van der Waals surface area contributed by atoms with Gasteiger partial charge in [-0.2, -0.15) is 17.5 Å². The Kier molecular flexibility index (Phi) is 7.21. The van der Waals surface area contributed by atoms with E-state index in [-0.39, 0.29) is 6.54 Å². The number of nitrogens with zero attached hydrogens (tertiary/aromatic N) is 1. The molecule has 0 aliphatic rings. The second-order valence-electron chi connectivity index (χ2n) is 6.04. The Labute approximate surface area is 173 Å². The van der Waals surface area contributed by atoms with Gasteiger partial charge in [-0.05, 0) is 36.4 Å². The Bertz CT molecular complexity index is 1020. The van der Waals surface area contributed by atoms with Crippen molar-refractivity contribution in [1.29, 1.82) is 0 Å². The molecule has 2 aromatic rings. The number of amides is 1. The van der Waals surface area contributed by atoms with E-state index in [1.54, 1.807) is 0 Å². The molecule has 1 N–H and O–H groups in total. The van der Waals surface area contributed by atoms with E-state index in [9.17, 15) is 39.6 Å². The van der Waals surface area contributed by atoms with Gasteiger partial charge in [-0.25, -0.2) is 8.42 Å². The van der Waals surface area contributed by atoms with Crippen LogP contribution in [0.3, 0.4) is 0 Å². The molecule has 0 saturated carbocycles. The lowest BCUT2D eigenvalue weighted by Gasteiger charge is -2.21. The van der Waals surface area contributed by atoms with Gasteiger partial charge in [0.05, 0.1) is 22.7 Å². The minimum absolute atomic E-state index is 0.225. The molecule has 31 heavy (non-hydrogen) atoms. The monoisotopic (exact) mass is 470 g/mol. The zero-order valence-electron chi connectivity index (χ0n) is 15.8. The van der Waals surface area contributed by atoms with E-state index in [4.69, 9.17) is 0 Å². The minimum Gasteiger partial charge on any atom is -0.406 e. The van der Waals surface area contributed by atoms with Crippen LogP contribution in [0.2, 0.25) is 0 Å². The summed E-state index contributed by atoms with van der Waals surface area (Å²) in [5, 5.41) is 2.03. The van der Waals surface area contributed by atoms with Crippen LogP contribution in [0.5, 0.6) is 5.75 Å². The van der Waals surface area contributed by atoms with E-state index in [0.717, 1.165) is 42.5 Å². The molecule has 13 heteroatoms. The van der Waals surface area contributed by atoms with Crippen molar-refractivity contribution in [3.8, 4) is 5.75 Å². The van der Waals surface area contributed by atoms with Crippen molar-refractivity contribution in [3.63, 3.8) is 0 Å². The fraction of sp³-hybridized carbons (Fsp3) is 0.278. The zero-order chi connectivity index (χ0) is 23.4. The third kappa shape index (κ3) is 6.59. The van der Waals surface area contributed by atoms with Crippen LogP contribution in [-0.4, -0.2) is 38.1 Å². The first kappa shape index (κ1) is 24.5. The number of benzene rings is 2. The Balaban J connectivity index is 2.18. The van der Waals surface area contributed by atoms with E-state index in [0.29, 0.717) is 4.31 Å². The number of ether oxygens (including phenoxy) is 1. The number of rotatable bonds is 7. The lowest BCUT2D eigenvalue weighted by Crippen LogP contribution is -2.38. The van der Waals surface area contributed by atoms with Gasteiger partial charge in [0.2, 0.25) is 15.9 Å². The molecular weight excluding hydrogens is 454 g/mol. The number of carbonyl (C=O) groups excluding carboxylic acids is 1. The molecule has 0 radical (unpaired) electrons. The molecule has 0 unspecified atom stereocenters. The summed E-state index contributed by atoms with van der Waals surface area (Å²) in [4.78, 5) is 11.8. The summed E-state index contributed by atoms with van der Waals surface area (Å²) in [6.07, 6.45) is -9.69. The summed E-state index contributed by atoms with van der Waals surface area (Å²) in [6, 6.07) is 7.46. The van der Waals surface area contributed by atoms with Gasteiger partial charge in [0.1, 0.15) is 5.75 Å². The zero-order valence-corrected chi connectivity index (χ0v) is 16.6. The molecular formula is C18H16F6N2O4S. The number of sulfonamides is 1. The van der Waals surface area contributed by atoms with Gasteiger partial charge in [-0.15, -0.1) is 13.2 Å². The number of para-hydroxylation sites is 1. The topological polar surface area (TPSA) is 75.7 Å². The number of likely N-dealkylation sites (N-methyl/N-ethyl adjacent to an activating group) is 1. The fourth-order valence-corrected chi connectivity index (χ4v) is 3.92. The van der Waals surface area contributed by atoms with Crippen molar-refractivity contribution in [1.82, 2.24) is 4.31 Å². The molecule has 170 valence electrons. The van der Waals surface area contributed by atoms with Gasteiger partial charge in [0.15, 0.2) is 0 Å². The van der Waals surface area contributed by atoms with Gasteiger partial charge in [-0.3, -0.25) is 4.79 Å². The van der Waals surface area contributed by atoms with Gasteiger partial charge in [0, 0.05) is 6.54 Å².